The fourth-order valence-electron chi connectivity index (χ4n) is 2.07. The Labute approximate surface area is 118 Å². The standard InChI is InChI=1S/C14H21N3O3/c1-2-3-12(14(19)20)17(9-13(16)18)8-10-4-6-11(15)7-5-10/h4-7,12H,2-3,8-9,15H2,1H3,(H2,16,18)(H,19,20). The second kappa shape index (κ2) is 7.49. The predicted molar refractivity (Wildman–Crippen MR) is 76.8 cm³/mol. The van der Waals surface area contributed by atoms with Crippen LogP contribution in [-0.2, 0) is 16.1 Å². The van der Waals surface area contributed by atoms with Crippen LogP contribution in [0.5, 0.6) is 0 Å². The van der Waals surface area contributed by atoms with Crippen LogP contribution in [0.15, 0.2) is 24.3 Å². The maximum absolute atomic E-state index is 11.3. The van der Waals surface area contributed by atoms with Gasteiger partial charge in [0.25, 0.3) is 0 Å². The number of nitrogens with two attached hydrogens (primary N) is 2. The minimum atomic E-state index is -0.941. The third-order valence-electron chi connectivity index (χ3n) is 3.01. The van der Waals surface area contributed by atoms with Crippen LogP contribution in [0.25, 0.3) is 0 Å². The number of hydrogen-bond donors (Lipinski definition) is 3. The Bertz CT molecular complexity index is 459. The summed E-state index contributed by atoms with van der Waals surface area (Å²) >= 11 is 0. The number of hydrogen-bond acceptors (Lipinski definition) is 4. The number of amides is 1. The van der Waals surface area contributed by atoms with Crippen LogP contribution < -0.4 is 11.5 Å². The maximum atomic E-state index is 11.3. The average molecular weight is 279 g/mol. The van der Waals surface area contributed by atoms with Gasteiger partial charge < -0.3 is 16.6 Å². The molecule has 0 saturated heterocycles. The molecule has 0 aromatic heterocycles. The first kappa shape index (κ1) is 16.0. The molecule has 0 fully saturated rings. The number of anilines is 1. The summed E-state index contributed by atoms with van der Waals surface area (Å²) in [5.41, 5.74) is 12.4. The number of nitrogen functional groups attached to an aromatic ring is 1. The summed E-state index contributed by atoms with van der Waals surface area (Å²) in [6.07, 6.45) is 1.19. The molecule has 0 bridgehead atoms. The third-order valence-corrected chi connectivity index (χ3v) is 3.01. The summed E-state index contributed by atoms with van der Waals surface area (Å²) in [5.74, 6) is -1.48. The molecular formula is C14H21N3O3. The highest BCUT2D eigenvalue weighted by Crippen LogP contribution is 2.14. The van der Waals surface area contributed by atoms with E-state index in [1.165, 1.54) is 0 Å². The van der Waals surface area contributed by atoms with E-state index in [-0.39, 0.29) is 6.54 Å². The topological polar surface area (TPSA) is 110 Å². The van der Waals surface area contributed by atoms with Crippen molar-refractivity contribution in [2.45, 2.75) is 32.4 Å². The molecule has 0 aliphatic rings. The lowest BCUT2D eigenvalue weighted by Gasteiger charge is -2.27. The summed E-state index contributed by atoms with van der Waals surface area (Å²) in [4.78, 5) is 24.1. The highest BCUT2D eigenvalue weighted by Gasteiger charge is 2.25. The number of carbonyl (C=O) groups excluding carboxylic acids is 1. The molecule has 20 heavy (non-hydrogen) atoms. The molecule has 0 aliphatic heterocycles. The van der Waals surface area contributed by atoms with Crippen LogP contribution in [0.3, 0.4) is 0 Å². The number of aliphatic carboxylic acids is 1. The van der Waals surface area contributed by atoms with Gasteiger partial charge in [-0.2, -0.15) is 0 Å². The molecule has 1 rings (SSSR count). The van der Waals surface area contributed by atoms with E-state index in [1.807, 2.05) is 19.1 Å². The largest absolute Gasteiger partial charge is 0.480 e. The van der Waals surface area contributed by atoms with Gasteiger partial charge in [0.05, 0.1) is 6.54 Å². The zero-order chi connectivity index (χ0) is 15.1. The Hall–Kier alpha value is -2.08. The van der Waals surface area contributed by atoms with E-state index in [2.05, 4.69) is 0 Å². The Morgan fingerprint density at radius 3 is 2.35 bits per heavy atom. The highest BCUT2D eigenvalue weighted by atomic mass is 16.4. The van der Waals surface area contributed by atoms with E-state index >= 15 is 0 Å². The van der Waals surface area contributed by atoms with Crippen molar-refractivity contribution in [1.29, 1.82) is 0 Å². The fourth-order valence-corrected chi connectivity index (χ4v) is 2.07. The van der Waals surface area contributed by atoms with E-state index in [9.17, 15) is 14.7 Å². The van der Waals surface area contributed by atoms with Gasteiger partial charge >= 0.3 is 5.97 Å². The lowest BCUT2D eigenvalue weighted by atomic mass is 10.1. The number of carboxylic acids is 1. The van der Waals surface area contributed by atoms with Crippen molar-refractivity contribution in [2.24, 2.45) is 5.73 Å². The van der Waals surface area contributed by atoms with Gasteiger partial charge in [-0.15, -0.1) is 0 Å². The zero-order valence-electron chi connectivity index (χ0n) is 11.6. The molecule has 6 heteroatoms. The first-order chi connectivity index (χ1) is 9.43. The van der Waals surface area contributed by atoms with Gasteiger partial charge in [-0.25, -0.2) is 0 Å². The number of primary amides is 1. The molecule has 1 atom stereocenters. The zero-order valence-corrected chi connectivity index (χ0v) is 11.6. The molecule has 6 nitrogen and oxygen atoms in total. The van der Waals surface area contributed by atoms with Crippen LogP contribution in [-0.4, -0.2) is 34.5 Å². The van der Waals surface area contributed by atoms with Crippen molar-refractivity contribution in [3.8, 4) is 0 Å². The molecule has 0 spiro atoms. The van der Waals surface area contributed by atoms with Gasteiger partial charge in [0.15, 0.2) is 0 Å². The van der Waals surface area contributed by atoms with Gasteiger partial charge in [0.1, 0.15) is 6.04 Å². The minimum Gasteiger partial charge on any atom is -0.480 e. The van der Waals surface area contributed by atoms with Crippen molar-refractivity contribution >= 4 is 17.6 Å². The van der Waals surface area contributed by atoms with Crippen LogP contribution >= 0.6 is 0 Å². The van der Waals surface area contributed by atoms with Crippen molar-refractivity contribution in [1.82, 2.24) is 4.90 Å². The van der Waals surface area contributed by atoms with E-state index < -0.39 is 17.9 Å². The number of rotatable bonds is 8. The molecule has 0 heterocycles. The number of carbonyl (C=O) groups is 2. The summed E-state index contributed by atoms with van der Waals surface area (Å²) in [5, 5.41) is 9.30. The molecule has 0 radical (unpaired) electrons. The smallest absolute Gasteiger partial charge is 0.320 e. The number of carboxylic acid groups (broad SMARTS) is 1. The molecule has 1 amide bonds. The van der Waals surface area contributed by atoms with Gasteiger partial charge in [0, 0.05) is 12.2 Å². The monoisotopic (exact) mass is 279 g/mol. The fraction of sp³-hybridized carbons (Fsp3) is 0.429. The molecule has 1 aromatic carbocycles. The maximum Gasteiger partial charge on any atom is 0.320 e. The number of benzene rings is 1. The van der Waals surface area contributed by atoms with Gasteiger partial charge in [-0.3, -0.25) is 14.5 Å². The molecule has 5 N–H and O–H groups in total. The Kier molecular flexibility index (Phi) is 5.99. The second-order valence-corrected chi connectivity index (χ2v) is 4.76. The number of nitrogens with zero attached hydrogens (tertiary/aromatic N) is 1. The predicted octanol–water partition coefficient (Wildman–Crippen LogP) is 0.809. The Balaban J connectivity index is 2.89. The van der Waals surface area contributed by atoms with Crippen molar-refractivity contribution < 1.29 is 14.7 Å². The molecule has 1 unspecified atom stereocenters. The van der Waals surface area contributed by atoms with Crippen molar-refractivity contribution in [3.63, 3.8) is 0 Å². The van der Waals surface area contributed by atoms with E-state index in [0.29, 0.717) is 25.1 Å². The lowest BCUT2D eigenvalue weighted by Crippen LogP contribution is -2.45. The van der Waals surface area contributed by atoms with Gasteiger partial charge in [-0.1, -0.05) is 25.5 Å². The second-order valence-electron chi connectivity index (χ2n) is 4.76. The van der Waals surface area contributed by atoms with E-state index in [0.717, 1.165) is 5.56 Å². The molecule has 110 valence electrons. The Morgan fingerprint density at radius 2 is 1.90 bits per heavy atom. The first-order valence-electron chi connectivity index (χ1n) is 6.53. The molecule has 0 aliphatic carbocycles. The van der Waals surface area contributed by atoms with E-state index in [1.54, 1.807) is 17.0 Å². The minimum absolute atomic E-state index is 0.0820. The van der Waals surface area contributed by atoms with Crippen LogP contribution in [0.2, 0.25) is 0 Å². The SMILES string of the molecule is CCCC(C(=O)O)N(CC(N)=O)Cc1ccc(N)cc1. The quantitative estimate of drug-likeness (QED) is 0.610. The summed E-state index contributed by atoms with van der Waals surface area (Å²) < 4.78 is 0. The summed E-state index contributed by atoms with van der Waals surface area (Å²) in [7, 11) is 0. The first-order valence-corrected chi connectivity index (χ1v) is 6.53. The third kappa shape index (κ3) is 4.89. The average Bonchev–Trinajstić information content (AvgIpc) is 2.37. The molecule has 1 aromatic rings. The van der Waals surface area contributed by atoms with Crippen LogP contribution in [0.1, 0.15) is 25.3 Å². The molecule has 0 saturated carbocycles. The van der Waals surface area contributed by atoms with Gasteiger partial charge in [-0.05, 0) is 24.1 Å². The molecular weight excluding hydrogens is 258 g/mol. The lowest BCUT2D eigenvalue weighted by molar-refractivity contribution is -0.144. The summed E-state index contributed by atoms with van der Waals surface area (Å²) in [6, 6.07) is 6.40. The van der Waals surface area contributed by atoms with Crippen LogP contribution in [0.4, 0.5) is 5.69 Å². The van der Waals surface area contributed by atoms with Gasteiger partial charge in [0.2, 0.25) is 5.91 Å². The highest BCUT2D eigenvalue weighted by molar-refractivity contribution is 5.78. The van der Waals surface area contributed by atoms with Crippen molar-refractivity contribution in [2.75, 3.05) is 12.3 Å². The van der Waals surface area contributed by atoms with E-state index in [4.69, 9.17) is 11.5 Å². The Morgan fingerprint density at radius 1 is 1.30 bits per heavy atom. The van der Waals surface area contributed by atoms with Crippen molar-refractivity contribution in [3.05, 3.63) is 29.8 Å². The van der Waals surface area contributed by atoms with Crippen LogP contribution in [0, 0.1) is 0 Å². The summed E-state index contributed by atoms with van der Waals surface area (Å²) in [6.45, 7) is 2.17. The normalized spacial score (nSPS) is 12.3.